The highest BCUT2D eigenvalue weighted by Gasteiger charge is 2.40. The molecule has 0 aromatic rings. The van der Waals surface area contributed by atoms with Gasteiger partial charge in [0.15, 0.2) is 0 Å². The van der Waals surface area contributed by atoms with Crippen molar-refractivity contribution in [3.05, 3.63) is 0 Å². The Balaban J connectivity index is 2.73. The fourth-order valence-corrected chi connectivity index (χ4v) is 2.72. The molecule has 0 saturated carbocycles. The Morgan fingerprint density at radius 1 is 1.25 bits per heavy atom. The van der Waals surface area contributed by atoms with Crippen LogP contribution in [-0.2, 0) is 9.53 Å². The van der Waals surface area contributed by atoms with Gasteiger partial charge in [0, 0.05) is 0 Å². The van der Waals surface area contributed by atoms with Gasteiger partial charge in [0.2, 0.25) is 0 Å². The summed E-state index contributed by atoms with van der Waals surface area (Å²) < 4.78 is 5.90. The minimum absolute atomic E-state index is 0.338. The van der Waals surface area contributed by atoms with E-state index >= 15 is 0 Å². The average Bonchev–Trinajstić information content (AvgIpc) is 2.23. The molecule has 2 amide bonds. The molecule has 1 atom stereocenters. The standard InChI is InChI=1S/C14H26N2O4/c1-6-7-10(11(17)18)15-12(19)16-8-13(2,3)20-14(4,5)9-16/h10H,6-9H2,1-5H3,(H,15,19)(H,17,18)/t10-/m1/s1. The molecule has 0 aliphatic carbocycles. The van der Waals surface area contributed by atoms with Crippen molar-refractivity contribution < 1.29 is 19.4 Å². The average molecular weight is 286 g/mol. The molecule has 0 aromatic carbocycles. The van der Waals surface area contributed by atoms with E-state index in [1.807, 2.05) is 34.6 Å². The number of morpholine rings is 1. The number of aliphatic carboxylic acids is 1. The second kappa shape index (κ2) is 5.99. The smallest absolute Gasteiger partial charge is 0.326 e. The van der Waals surface area contributed by atoms with Crippen molar-refractivity contribution in [2.24, 2.45) is 0 Å². The summed E-state index contributed by atoms with van der Waals surface area (Å²) in [5, 5.41) is 11.7. The predicted molar refractivity (Wildman–Crippen MR) is 75.7 cm³/mol. The number of ether oxygens (including phenoxy) is 1. The van der Waals surface area contributed by atoms with Gasteiger partial charge in [0.05, 0.1) is 24.3 Å². The summed E-state index contributed by atoms with van der Waals surface area (Å²) in [4.78, 5) is 25.0. The van der Waals surface area contributed by atoms with E-state index in [1.165, 1.54) is 0 Å². The lowest BCUT2D eigenvalue weighted by atomic mass is 9.99. The molecule has 0 bridgehead atoms. The molecular formula is C14H26N2O4. The molecular weight excluding hydrogens is 260 g/mol. The molecule has 1 aliphatic rings. The first-order chi connectivity index (χ1) is 9.06. The minimum Gasteiger partial charge on any atom is -0.480 e. The molecule has 1 fully saturated rings. The van der Waals surface area contributed by atoms with Crippen molar-refractivity contribution in [2.45, 2.75) is 64.7 Å². The molecule has 2 N–H and O–H groups in total. The van der Waals surface area contributed by atoms with E-state index in [1.54, 1.807) is 4.90 Å². The first-order valence-electron chi connectivity index (χ1n) is 7.05. The lowest BCUT2D eigenvalue weighted by Crippen LogP contribution is -2.61. The zero-order valence-corrected chi connectivity index (χ0v) is 13.0. The highest BCUT2D eigenvalue weighted by atomic mass is 16.5. The van der Waals surface area contributed by atoms with Gasteiger partial charge in [0.25, 0.3) is 0 Å². The number of amides is 2. The summed E-state index contributed by atoms with van der Waals surface area (Å²) in [6.45, 7) is 10.5. The highest BCUT2D eigenvalue weighted by Crippen LogP contribution is 2.28. The van der Waals surface area contributed by atoms with Crippen LogP contribution in [0.25, 0.3) is 0 Å². The van der Waals surface area contributed by atoms with Crippen molar-refractivity contribution in [2.75, 3.05) is 13.1 Å². The van der Waals surface area contributed by atoms with E-state index in [0.29, 0.717) is 25.9 Å². The van der Waals surface area contributed by atoms with Crippen LogP contribution in [0.15, 0.2) is 0 Å². The zero-order valence-electron chi connectivity index (χ0n) is 13.0. The molecule has 20 heavy (non-hydrogen) atoms. The van der Waals surface area contributed by atoms with Gasteiger partial charge < -0.3 is 20.1 Å². The Morgan fingerprint density at radius 3 is 2.15 bits per heavy atom. The number of rotatable bonds is 4. The third-order valence-electron chi connectivity index (χ3n) is 3.16. The maximum absolute atomic E-state index is 12.3. The fraction of sp³-hybridized carbons (Fsp3) is 0.857. The number of carboxylic acids is 1. The number of carbonyl (C=O) groups is 2. The number of carboxylic acid groups (broad SMARTS) is 1. The van der Waals surface area contributed by atoms with Crippen LogP contribution in [0.3, 0.4) is 0 Å². The van der Waals surface area contributed by atoms with Crippen molar-refractivity contribution >= 4 is 12.0 Å². The summed E-state index contributed by atoms with van der Waals surface area (Å²) >= 11 is 0. The predicted octanol–water partition coefficient (Wildman–Crippen LogP) is 1.84. The van der Waals surface area contributed by atoms with E-state index in [0.717, 1.165) is 0 Å². The topological polar surface area (TPSA) is 78.9 Å². The van der Waals surface area contributed by atoms with Crippen LogP contribution in [0.1, 0.15) is 47.5 Å². The number of nitrogens with zero attached hydrogens (tertiary/aromatic N) is 1. The lowest BCUT2D eigenvalue weighted by Gasteiger charge is -2.47. The second-order valence-electron chi connectivity index (χ2n) is 6.61. The summed E-state index contributed by atoms with van der Waals surface area (Å²) in [7, 11) is 0. The summed E-state index contributed by atoms with van der Waals surface area (Å²) in [6, 6.07) is -1.17. The first-order valence-corrected chi connectivity index (χ1v) is 7.05. The molecule has 6 heteroatoms. The Kier molecular flexibility index (Phi) is 5.02. The monoisotopic (exact) mass is 286 g/mol. The van der Waals surface area contributed by atoms with E-state index in [4.69, 9.17) is 9.84 Å². The number of nitrogens with one attached hydrogen (secondary N) is 1. The van der Waals surface area contributed by atoms with Gasteiger partial charge in [-0.15, -0.1) is 0 Å². The fourth-order valence-electron chi connectivity index (χ4n) is 2.72. The van der Waals surface area contributed by atoms with Crippen LogP contribution in [0, 0.1) is 0 Å². The Morgan fingerprint density at radius 2 is 1.75 bits per heavy atom. The Labute approximate surface area is 120 Å². The van der Waals surface area contributed by atoms with Crippen molar-refractivity contribution in [1.82, 2.24) is 10.2 Å². The van der Waals surface area contributed by atoms with Crippen LogP contribution < -0.4 is 5.32 Å². The van der Waals surface area contributed by atoms with E-state index in [9.17, 15) is 9.59 Å². The van der Waals surface area contributed by atoms with E-state index in [-0.39, 0.29) is 6.03 Å². The Bertz CT molecular complexity index is 363. The normalized spacial score (nSPS) is 22.1. The summed E-state index contributed by atoms with van der Waals surface area (Å²) in [5.74, 6) is -0.994. The molecule has 1 saturated heterocycles. The highest BCUT2D eigenvalue weighted by molar-refractivity contribution is 5.82. The number of urea groups is 1. The van der Waals surface area contributed by atoms with Crippen LogP contribution in [0.2, 0.25) is 0 Å². The van der Waals surface area contributed by atoms with Gasteiger partial charge in [-0.3, -0.25) is 0 Å². The third-order valence-corrected chi connectivity index (χ3v) is 3.16. The third kappa shape index (κ3) is 4.67. The minimum atomic E-state index is -0.994. The number of hydrogen-bond acceptors (Lipinski definition) is 3. The maximum Gasteiger partial charge on any atom is 0.326 e. The van der Waals surface area contributed by atoms with Crippen molar-refractivity contribution in [3.63, 3.8) is 0 Å². The molecule has 6 nitrogen and oxygen atoms in total. The van der Waals surface area contributed by atoms with Gasteiger partial charge in [0.1, 0.15) is 6.04 Å². The summed E-state index contributed by atoms with van der Waals surface area (Å²) in [5.41, 5.74) is -0.884. The molecule has 0 unspecified atom stereocenters. The molecule has 0 radical (unpaired) electrons. The second-order valence-corrected chi connectivity index (χ2v) is 6.61. The molecule has 1 rings (SSSR count). The quantitative estimate of drug-likeness (QED) is 0.826. The van der Waals surface area contributed by atoms with Crippen LogP contribution in [0.5, 0.6) is 0 Å². The first kappa shape index (κ1) is 16.8. The van der Waals surface area contributed by atoms with Crippen LogP contribution in [0.4, 0.5) is 4.79 Å². The van der Waals surface area contributed by atoms with E-state index in [2.05, 4.69) is 5.32 Å². The number of hydrogen-bond donors (Lipinski definition) is 2. The van der Waals surface area contributed by atoms with Gasteiger partial charge in [-0.1, -0.05) is 13.3 Å². The van der Waals surface area contributed by atoms with E-state index < -0.39 is 23.2 Å². The zero-order chi connectivity index (χ0) is 15.6. The molecule has 116 valence electrons. The van der Waals surface area contributed by atoms with Gasteiger partial charge >= 0.3 is 12.0 Å². The lowest BCUT2D eigenvalue weighted by molar-refractivity contribution is -0.170. The summed E-state index contributed by atoms with van der Waals surface area (Å²) in [6.07, 6.45) is 1.13. The van der Waals surface area contributed by atoms with Crippen molar-refractivity contribution in [1.29, 1.82) is 0 Å². The Hall–Kier alpha value is -1.30. The molecule has 0 aromatic heterocycles. The van der Waals surface area contributed by atoms with Gasteiger partial charge in [-0.05, 0) is 34.1 Å². The molecule has 0 spiro atoms. The SMILES string of the molecule is CCC[C@@H](NC(=O)N1CC(C)(C)OC(C)(C)C1)C(=O)O. The largest absolute Gasteiger partial charge is 0.480 e. The molecule has 1 aliphatic heterocycles. The van der Waals surface area contributed by atoms with Crippen LogP contribution in [-0.4, -0.2) is 52.3 Å². The van der Waals surface area contributed by atoms with Gasteiger partial charge in [-0.25, -0.2) is 9.59 Å². The molecule has 1 heterocycles. The van der Waals surface area contributed by atoms with Crippen molar-refractivity contribution in [3.8, 4) is 0 Å². The van der Waals surface area contributed by atoms with Gasteiger partial charge in [-0.2, -0.15) is 0 Å². The van der Waals surface area contributed by atoms with Crippen LogP contribution >= 0.6 is 0 Å². The maximum atomic E-state index is 12.3. The number of carbonyl (C=O) groups excluding carboxylic acids is 1.